The van der Waals surface area contributed by atoms with E-state index in [-0.39, 0.29) is 5.91 Å². The number of para-hydroxylation sites is 1. The molecule has 0 saturated carbocycles. The Labute approximate surface area is 188 Å². The van der Waals surface area contributed by atoms with Gasteiger partial charge in [0.15, 0.2) is 0 Å². The lowest BCUT2D eigenvalue weighted by Crippen LogP contribution is -2.48. The summed E-state index contributed by atoms with van der Waals surface area (Å²) in [4.78, 5) is 27.0. The maximum Gasteiger partial charge on any atom is 0.254 e. The van der Waals surface area contributed by atoms with E-state index in [2.05, 4.69) is 41.1 Å². The fourth-order valence-electron chi connectivity index (χ4n) is 4.36. The second kappa shape index (κ2) is 8.89. The minimum Gasteiger partial charge on any atom is -0.336 e. The van der Waals surface area contributed by atoms with Crippen molar-refractivity contribution in [1.29, 1.82) is 0 Å². The lowest BCUT2D eigenvalue weighted by molar-refractivity contribution is 0.0630. The standard InChI is InChI=1S/C27H26N4O/c1-20-6-4-7-21(16-20)19-30-12-14-31(15-13-30)27(32)24-17-26(22-8-5-11-28-18-22)29-25-10-3-2-9-23(24)25/h2-11,16-18H,12-15,19H2,1H3. The molecule has 2 aromatic heterocycles. The summed E-state index contributed by atoms with van der Waals surface area (Å²) in [6.45, 7) is 6.25. The van der Waals surface area contributed by atoms with Crippen LogP contribution in [0, 0.1) is 6.92 Å². The molecule has 3 heterocycles. The number of aryl methyl sites for hydroxylation is 1. The molecular formula is C27H26N4O. The fraction of sp³-hybridized carbons (Fsp3) is 0.222. The number of carbonyl (C=O) groups is 1. The summed E-state index contributed by atoms with van der Waals surface area (Å²) in [5, 5.41) is 0.896. The average Bonchev–Trinajstić information content (AvgIpc) is 2.84. The normalized spacial score (nSPS) is 14.6. The number of piperazine rings is 1. The highest BCUT2D eigenvalue weighted by Gasteiger charge is 2.24. The van der Waals surface area contributed by atoms with Crippen LogP contribution in [-0.4, -0.2) is 51.9 Å². The number of hydrogen-bond donors (Lipinski definition) is 0. The van der Waals surface area contributed by atoms with Gasteiger partial charge in [0.1, 0.15) is 0 Å². The molecule has 4 aromatic rings. The minimum atomic E-state index is 0.0731. The Kier molecular flexibility index (Phi) is 5.65. The first-order chi connectivity index (χ1) is 15.7. The topological polar surface area (TPSA) is 49.3 Å². The SMILES string of the molecule is Cc1cccc(CN2CCN(C(=O)c3cc(-c4cccnc4)nc4ccccc34)CC2)c1. The zero-order valence-corrected chi connectivity index (χ0v) is 18.2. The third kappa shape index (κ3) is 4.25. The monoisotopic (exact) mass is 422 g/mol. The van der Waals surface area contributed by atoms with Crippen molar-refractivity contribution in [2.75, 3.05) is 26.2 Å². The van der Waals surface area contributed by atoms with Gasteiger partial charge >= 0.3 is 0 Å². The van der Waals surface area contributed by atoms with Crippen LogP contribution in [0.3, 0.4) is 0 Å². The number of hydrogen-bond acceptors (Lipinski definition) is 4. The van der Waals surface area contributed by atoms with Gasteiger partial charge in [-0.15, -0.1) is 0 Å². The molecule has 0 spiro atoms. The number of amides is 1. The molecule has 0 bridgehead atoms. The molecular weight excluding hydrogens is 396 g/mol. The summed E-state index contributed by atoms with van der Waals surface area (Å²) in [5.74, 6) is 0.0731. The zero-order chi connectivity index (χ0) is 21.9. The van der Waals surface area contributed by atoms with Gasteiger partial charge in [-0.05, 0) is 36.8 Å². The molecule has 1 amide bonds. The Morgan fingerprint density at radius 1 is 0.938 bits per heavy atom. The Morgan fingerprint density at radius 3 is 2.56 bits per heavy atom. The number of rotatable bonds is 4. The van der Waals surface area contributed by atoms with Crippen molar-refractivity contribution >= 4 is 16.8 Å². The van der Waals surface area contributed by atoms with E-state index in [0.717, 1.165) is 54.9 Å². The van der Waals surface area contributed by atoms with Crippen LogP contribution in [0.1, 0.15) is 21.5 Å². The van der Waals surface area contributed by atoms with Crippen LogP contribution >= 0.6 is 0 Å². The van der Waals surface area contributed by atoms with Gasteiger partial charge in [0.05, 0.1) is 16.8 Å². The van der Waals surface area contributed by atoms with Crippen molar-refractivity contribution in [2.24, 2.45) is 0 Å². The van der Waals surface area contributed by atoms with Gasteiger partial charge in [0.25, 0.3) is 5.91 Å². The van der Waals surface area contributed by atoms with E-state index in [0.29, 0.717) is 5.56 Å². The largest absolute Gasteiger partial charge is 0.336 e. The zero-order valence-electron chi connectivity index (χ0n) is 18.2. The summed E-state index contributed by atoms with van der Waals surface area (Å²) in [6.07, 6.45) is 3.53. The van der Waals surface area contributed by atoms with Crippen molar-refractivity contribution < 1.29 is 4.79 Å². The third-order valence-electron chi connectivity index (χ3n) is 6.05. The number of aromatic nitrogens is 2. The van der Waals surface area contributed by atoms with Crippen LogP contribution in [0.4, 0.5) is 0 Å². The molecule has 1 fully saturated rings. The molecule has 0 N–H and O–H groups in total. The second-order valence-electron chi connectivity index (χ2n) is 8.37. The second-order valence-corrected chi connectivity index (χ2v) is 8.37. The summed E-state index contributed by atoms with van der Waals surface area (Å²) in [6, 6.07) is 22.3. The molecule has 1 saturated heterocycles. The van der Waals surface area contributed by atoms with E-state index < -0.39 is 0 Å². The van der Waals surface area contributed by atoms with Crippen LogP contribution in [0.15, 0.2) is 79.1 Å². The van der Waals surface area contributed by atoms with E-state index in [1.807, 2.05) is 47.4 Å². The number of nitrogens with zero attached hydrogens (tertiary/aromatic N) is 4. The molecule has 160 valence electrons. The smallest absolute Gasteiger partial charge is 0.254 e. The summed E-state index contributed by atoms with van der Waals surface area (Å²) >= 11 is 0. The number of fused-ring (bicyclic) bond motifs is 1. The summed E-state index contributed by atoms with van der Waals surface area (Å²) < 4.78 is 0. The highest BCUT2D eigenvalue weighted by Crippen LogP contribution is 2.26. The lowest BCUT2D eigenvalue weighted by Gasteiger charge is -2.35. The van der Waals surface area contributed by atoms with E-state index in [1.165, 1.54) is 11.1 Å². The molecule has 0 radical (unpaired) electrons. The van der Waals surface area contributed by atoms with Crippen molar-refractivity contribution in [2.45, 2.75) is 13.5 Å². The molecule has 5 nitrogen and oxygen atoms in total. The predicted molar refractivity (Wildman–Crippen MR) is 127 cm³/mol. The van der Waals surface area contributed by atoms with Gasteiger partial charge in [-0.25, -0.2) is 4.98 Å². The van der Waals surface area contributed by atoms with Crippen LogP contribution in [0.5, 0.6) is 0 Å². The van der Waals surface area contributed by atoms with E-state index in [1.54, 1.807) is 12.4 Å². The van der Waals surface area contributed by atoms with Crippen molar-refractivity contribution in [3.8, 4) is 11.3 Å². The predicted octanol–water partition coefficient (Wildman–Crippen LogP) is 4.56. The third-order valence-corrected chi connectivity index (χ3v) is 6.05. The molecule has 1 aliphatic rings. The molecule has 32 heavy (non-hydrogen) atoms. The van der Waals surface area contributed by atoms with Gasteiger partial charge in [0.2, 0.25) is 0 Å². The van der Waals surface area contributed by atoms with Crippen LogP contribution < -0.4 is 0 Å². The first-order valence-electron chi connectivity index (χ1n) is 11.0. The van der Waals surface area contributed by atoms with Crippen LogP contribution in [0.25, 0.3) is 22.2 Å². The molecule has 0 atom stereocenters. The maximum atomic E-state index is 13.6. The van der Waals surface area contributed by atoms with E-state index >= 15 is 0 Å². The minimum absolute atomic E-state index is 0.0731. The summed E-state index contributed by atoms with van der Waals surface area (Å²) in [7, 11) is 0. The number of benzene rings is 2. The molecule has 5 heteroatoms. The number of pyridine rings is 2. The Morgan fingerprint density at radius 2 is 1.78 bits per heavy atom. The Balaban J connectivity index is 1.37. The molecule has 1 aliphatic heterocycles. The molecule has 0 unspecified atom stereocenters. The summed E-state index contributed by atoms with van der Waals surface area (Å²) in [5.41, 5.74) is 5.83. The Bertz CT molecular complexity index is 1250. The van der Waals surface area contributed by atoms with Gasteiger partial charge in [-0.1, -0.05) is 48.0 Å². The maximum absolute atomic E-state index is 13.6. The quantitative estimate of drug-likeness (QED) is 0.484. The first kappa shape index (κ1) is 20.3. The Hall–Kier alpha value is -3.57. The van der Waals surface area contributed by atoms with Crippen LogP contribution in [0.2, 0.25) is 0 Å². The number of carbonyl (C=O) groups excluding carboxylic acids is 1. The average molecular weight is 423 g/mol. The molecule has 5 rings (SSSR count). The molecule has 2 aromatic carbocycles. The van der Waals surface area contributed by atoms with Crippen LogP contribution in [-0.2, 0) is 6.54 Å². The van der Waals surface area contributed by atoms with E-state index in [9.17, 15) is 4.79 Å². The lowest BCUT2D eigenvalue weighted by atomic mass is 10.0. The highest BCUT2D eigenvalue weighted by atomic mass is 16.2. The molecule has 0 aliphatic carbocycles. The van der Waals surface area contributed by atoms with Gasteiger partial charge in [-0.2, -0.15) is 0 Å². The van der Waals surface area contributed by atoms with Crippen molar-refractivity contribution in [3.05, 3.63) is 95.8 Å². The van der Waals surface area contributed by atoms with E-state index in [4.69, 9.17) is 4.98 Å². The van der Waals surface area contributed by atoms with Crippen molar-refractivity contribution in [1.82, 2.24) is 19.8 Å². The first-order valence-corrected chi connectivity index (χ1v) is 11.0. The van der Waals surface area contributed by atoms with Gasteiger partial charge < -0.3 is 4.90 Å². The van der Waals surface area contributed by atoms with Gasteiger partial charge in [0, 0.05) is 56.1 Å². The fourth-order valence-corrected chi connectivity index (χ4v) is 4.36. The highest BCUT2D eigenvalue weighted by molar-refractivity contribution is 6.07. The van der Waals surface area contributed by atoms with Crippen molar-refractivity contribution in [3.63, 3.8) is 0 Å². The van der Waals surface area contributed by atoms with Gasteiger partial charge in [-0.3, -0.25) is 14.7 Å².